The number of alkyl halides is 3. The molecular formula is C3H6F3NO2S. The lowest BCUT2D eigenvalue weighted by Crippen LogP contribution is -2.37. The summed E-state index contributed by atoms with van der Waals surface area (Å²) in [6.07, 6.45) is -4.85. The second kappa shape index (κ2) is 2.75. The minimum absolute atomic E-state index is 0.517. The van der Waals surface area contributed by atoms with E-state index in [1.807, 2.05) is 0 Å². The average Bonchev–Trinajstić information content (AvgIpc) is 1.60. The number of rotatable bonds is 2. The summed E-state index contributed by atoms with van der Waals surface area (Å²) < 4.78 is 54.6. The Bertz CT molecular complexity index is 194. The van der Waals surface area contributed by atoms with Gasteiger partial charge in [0, 0.05) is 0 Å². The molecule has 10 heavy (non-hydrogen) atoms. The Balaban J connectivity index is 4.18. The molecule has 0 saturated carbocycles. The van der Waals surface area contributed by atoms with Gasteiger partial charge in [-0.05, 0) is 6.92 Å². The normalized spacial score (nSPS) is 13.6. The third-order valence-electron chi connectivity index (χ3n) is 0.651. The number of hydrogen-bond acceptors (Lipinski definition) is 2. The van der Waals surface area contributed by atoms with E-state index in [9.17, 15) is 21.6 Å². The molecule has 0 atom stereocenters. The Morgan fingerprint density at radius 1 is 1.40 bits per heavy atom. The Kier molecular flexibility index (Phi) is 2.67. The number of hydrogen-bond donors (Lipinski definition) is 1. The highest BCUT2D eigenvalue weighted by molar-refractivity contribution is 7.89. The van der Waals surface area contributed by atoms with Crippen molar-refractivity contribution in [3.05, 3.63) is 0 Å². The molecular weight excluding hydrogens is 171 g/mol. The van der Waals surface area contributed by atoms with Crippen molar-refractivity contribution in [1.29, 1.82) is 0 Å². The Morgan fingerprint density at radius 3 is 1.90 bits per heavy atom. The van der Waals surface area contributed by atoms with Gasteiger partial charge < -0.3 is 0 Å². The van der Waals surface area contributed by atoms with Crippen LogP contribution in [0.4, 0.5) is 13.2 Å². The van der Waals surface area contributed by atoms with E-state index in [0.717, 1.165) is 6.92 Å². The smallest absolute Gasteiger partial charge is 0.212 e. The molecule has 0 amide bonds. The highest BCUT2D eigenvalue weighted by Gasteiger charge is 2.32. The first kappa shape index (κ1) is 9.70. The quantitative estimate of drug-likeness (QED) is 0.622. The molecule has 0 rings (SSSR count). The van der Waals surface area contributed by atoms with Crippen LogP contribution in [-0.2, 0) is 10.0 Å². The van der Waals surface area contributed by atoms with Crippen LogP contribution in [0.15, 0.2) is 0 Å². The van der Waals surface area contributed by atoms with E-state index in [1.165, 1.54) is 0 Å². The van der Waals surface area contributed by atoms with Crippen molar-refractivity contribution in [2.24, 2.45) is 0 Å². The summed E-state index contributed by atoms with van der Waals surface area (Å²) in [5.41, 5.74) is 0. The second-order valence-corrected chi connectivity index (χ2v) is 3.51. The van der Waals surface area contributed by atoms with Crippen LogP contribution in [0.2, 0.25) is 0 Å². The van der Waals surface area contributed by atoms with E-state index in [2.05, 4.69) is 0 Å². The van der Waals surface area contributed by atoms with E-state index >= 15 is 0 Å². The van der Waals surface area contributed by atoms with E-state index < -0.39 is 22.1 Å². The van der Waals surface area contributed by atoms with Crippen LogP contribution in [0.1, 0.15) is 6.92 Å². The molecule has 0 spiro atoms. The van der Waals surface area contributed by atoms with E-state index in [-0.39, 0.29) is 0 Å². The monoisotopic (exact) mass is 177 g/mol. The highest BCUT2D eigenvalue weighted by Crippen LogP contribution is 2.10. The van der Waals surface area contributed by atoms with Gasteiger partial charge in [0.05, 0.1) is 5.75 Å². The lowest BCUT2D eigenvalue weighted by Gasteiger charge is -2.06. The van der Waals surface area contributed by atoms with E-state index in [4.69, 9.17) is 0 Å². The molecule has 0 aliphatic rings. The summed E-state index contributed by atoms with van der Waals surface area (Å²) in [5, 5.41) is 0. The molecule has 0 aromatic rings. The van der Waals surface area contributed by atoms with Gasteiger partial charge in [-0.25, -0.2) is 8.42 Å². The SMILES string of the molecule is CCS(=O)(=O)NC(F)(F)F. The summed E-state index contributed by atoms with van der Waals surface area (Å²) in [6, 6.07) is 0. The summed E-state index contributed by atoms with van der Waals surface area (Å²) in [6.45, 7) is 1.12. The van der Waals surface area contributed by atoms with Gasteiger partial charge in [0.2, 0.25) is 10.0 Å². The van der Waals surface area contributed by atoms with Crippen LogP contribution >= 0.6 is 0 Å². The molecule has 0 bridgehead atoms. The molecule has 0 radical (unpaired) electrons. The molecule has 7 heteroatoms. The third-order valence-corrected chi connectivity index (χ3v) is 1.95. The molecule has 0 fully saturated rings. The first-order valence-corrected chi connectivity index (χ1v) is 4.00. The first-order chi connectivity index (χ1) is 4.27. The molecule has 0 aliphatic carbocycles. The average molecular weight is 177 g/mol. The van der Waals surface area contributed by atoms with Crippen LogP contribution in [0.25, 0.3) is 0 Å². The Hall–Kier alpha value is -0.300. The maximum Gasteiger partial charge on any atom is 0.470 e. The van der Waals surface area contributed by atoms with Crippen molar-refractivity contribution < 1.29 is 21.6 Å². The van der Waals surface area contributed by atoms with Crippen molar-refractivity contribution in [2.45, 2.75) is 13.2 Å². The van der Waals surface area contributed by atoms with Crippen LogP contribution in [-0.4, -0.2) is 20.5 Å². The molecule has 1 N–H and O–H groups in total. The molecule has 3 nitrogen and oxygen atoms in total. The van der Waals surface area contributed by atoms with Gasteiger partial charge in [-0.1, -0.05) is 0 Å². The molecule has 0 aromatic heterocycles. The molecule has 0 heterocycles. The molecule has 0 aliphatic heterocycles. The van der Waals surface area contributed by atoms with Gasteiger partial charge in [-0.15, -0.1) is 4.72 Å². The maximum absolute atomic E-state index is 11.2. The van der Waals surface area contributed by atoms with Crippen molar-refractivity contribution in [3.63, 3.8) is 0 Å². The second-order valence-electron chi connectivity index (χ2n) is 1.50. The number of nitrogens with one attached hydrogen (secondary N) is 1. The van der Waals surface area contributed by atoms with Gasteiger partial charge in [0.25, 0.3) is 0 Å². The largest absolute Gasteiger partial charge is 0.470 e. The summed E-state index contributed by atoms with van der Waals surface area (Å²) in [4.78, 5) is 0. The summed E-state index contributed by atoms with van der Waals surface area (Å²) in [5.74, 6) is -0.577. The fraction of sp³-hybridized carbons (Fsp3) is 1.00. The van der Waals surface area contributed by atoms with Gasteiger partial charge >= 0.3 is 6.30 Å². The highest BCUT2D eigenvalue weighted by atomic mass is 32.2. The fourth-order valence-electron chi connectivity index (χ4n) is 0.248. The lowest BCUT2D eigenvalue weighted by molar-refractivity contribution is -0.138. The Morgan fingerprint density at radius 2 is 1.80 bits per heavy atom. The van der Waals surface area contributed by atoms with Gasteiger partial charge in [-0.3, -0.25) is 0 Å². The predicted octanol–water partition coefficient (Wildman–Crippen LogP) is 0.446. The van der Waals surface area contributed by atoms with Crippen LogP contribution in [0, 0.1) is 0 Å². The summed E-state index contributed by atoms with van der Waals surface area (Å²) >= 11 is 0. The molecule has 0 unspecified atom stereocenters. The zero-order valence-electron chi connectivity index (χ0n) is 5.07. The molecule has 62 valence electrons. The molecule has 0 saturated heterocycles. The third kappa shape index (κ3) is 4.57. The zero-order valence-corrected chi connectivity index (χ0v) is 5.88. The van der Waals surface area contributed by atoms with Crippen molar-refractivity contribution in [1.82, 2.24) is 4.72 Å². The lowest BCUT2D eigenvalue weighted by atomic mass is 11.0. The molecule has 0 aromatic carbocycles. The minimum atomic E-state index is -4.85. The first-order valence-electron chi connectivity index (χ1n) is 2.35. The van der Waals surface area contributed by atoms with Crippen LogP contribution in [0.5, 0.6) is 0 Å². The van der Waals surface area contributed by atoms with Gasteiger partial charge in [0.1, 0.15) is 0 Å². The fourth-order valence-corrected chi connectivity index (χ4v) is 0.745. The predicted molar refractivity (Wildman–Crippen MR) is 28.7 cm³/mol. The van der Waals surface area contributed by atoms with Crippen molar-refractivity contribution in [2.75, 3.05) is 5.75 Å². The Labute approximate surface area is 56.3 Å². The van der Waals surface area contributed by atoms with E-state index in [0.29, 0.717) is 4.72 Å². The maximum atomic E-state index is 11.2. The summed E-state index contributed by atoms with van der Waals surface area (Å²) in [7, 11) is -4.15. The number of sulfonamides is 1. The minimum Gasteiger partial charge on any atom is -0.212 e. The van der Waals surface area contributed by atoms with Crippen LogP contribution in [0.3, 0.4) is 0 Å². The zero-order chi connectivity index (χ0) is 8.41. The standard InChI is InChI=1S/C3H6F3NO2S/c1-2-10(8,9)7-3(4,5)6/h7H,2H2,1H3. The van der Waals surface area contributed by atoms with E-state index in [1.54, 1.807) is 0 Å². The van der Waals surface area contributed by atoms with Crippen molar-refractivity contribution >= 4 is 10.0 Å². The van der Waals surface area contributed by atoms with Crippen LogP contribution < -0.4 is 4.72 Å². The topological polar surface area (TPSA) is 46.2 Å². The number of halogens is 3. The van der Waals surface area contributed by atoms with Crippen molar-refractivity contribution in [3.8, 4) is 0 Å². The van der Waals surface area contributed by atoms with Gasteiger partial charge in [-0.2, -0.15) is 13.2 Å². The van der Waals surface area contributed by atoms with Gasteiger partial charge in [0.15, 0.2) is 0 Å².